The number of pyridine rings is 1. The summed E-state index contributed by atoms with van der Waals surface area (Å²) in [5.74, 6) is -0.141. The number of nitrogens with one attached hydrogen (secondary N) is 1. The number of benzene rings is 1. The van der Waals surface area contributed by atoms with Crippen molar-refractivity contribution >= 4 is 5.91 Å². The van der Waals surface area contributed by atoms with Crippen LogP contribution >= 0.6 is 0 Å². The maximum atomic E-state index is 12.6. The van der Waals surface area contributed by atoms with E-state index in [1.807, 2.05) is 23.1 Å². The molecule has 1 atom stereocenters. The molecule has 1 aliphatic heterocycles. The molecule has 114 valence electrons. The van der Waals surface area contributed by atoms with E-state index in [0.717, 1.165) is 32.2 Å². The van der Waals surface area contributed by atoms with E-state index < -0.39 is 0 Å². The van der Waals surface area contributed by atoms with Crippen LogP contribution in [0.5, 0.6) is 0 Å². The lowest BCUT2D eigenvalue weighted by Crippen LogP contribution is -2.38. The third-order valence-corrected chi connectivity index (χ3v) is 4.30. The molecule has 1 aliphatic rings. The van der Waals surface area contributed by atoms with Gasteiger partial charge in [0.1, 0.15) is 5.56 Å². The Balaban J connectivity index is 1.69. The SMILES string of the molecule is O=C(c1ccc[nH]c1=O)N1CCC[C@H]1CCc1ccccc1. The lowest BCUT2D eigenvalue weighted by atomic mass is 10.0. The molecule has 0 saturated carbocycles. The van der Waals surface area contributed by atoms with Crippen LogP contribution in [-0.4, -0.2) is 28.4 Å². The van der Waals surface area contributed by atoms with Crippen LogP contribution in [0, 0.1) is 0 Å². The minimum Gasteiger partial charge on any atom is -0.335 e. The van der Waals surface area contributed by atoms with Crippen molar-refractivity contribution in [2.24, 2.45) is 0 Å². The predicted molar refractivity (Wildman–Crippen MR) is 85.9 cm³/mol. The average Bonchev–Trinajstić information content (AvgIpc) is 3.02. The smallest absolute Gasteiger partial charge is 0.260 e. The topological polar surface area (TPSA) is 53.2 Å². The van der Waals surface area contributed by atoms with Gasteiger partial charge in [0.2, 0.25) is 0 Å². The van der Waals surface area contributed by atoms with Crippen LogP contribution in [0.4, 0.5) is 0 Å². The molecule has 3 rings (SSSR count). The maximum Gasteiger partial charge on any atom is 0.260 e. The Hall–Kier alpha value is -2.36. The highest BCUT2D eigenvalue weighted by Crippen LogP contribution is 2.23. The van der Waals surface area contributed by atoms with E-state index in [9.17, 15) is 9.59 Å². The standard InChI is InChI=1S/C18H20N2O2/c21-17-16(9-4-12-19-17)18(22)20-13-5-8-15(20)11-10-14-6-2-1-3-7-14/h1-4,6-7,9,12,15H,5,8,10-11,13H2,(H,19,21)/t15-/m0/s1. The van der Waals surface area contributed by atoms with Crippen molar-refractivity contribution in [2.45, 2.75) is 31.7 Å². The summed E-state index contributed by atoms with van der Waals surface area (Å²) in [5, 5.41) is 0. The summed E-state index contributed by atoms with van der Waals surface area (Å²) in [6.45, 7) is 0.743. The molecule has 0 radical (unpaired) electrons. The number of amides is 1. The summed E-state index contributed by atoms with van der Waals surface area (Å²) in [4.78, 5) is 28.8. The Labute approximate surface area is 129 Å². The summed E-state index contributed by atoms with van der Waals surface area (Å²) in [7, 11) is 0. The number of likely N-dealkylation sites (tertiary alicyclic amines) is 1. The average molecular weight is 296 g/mol. The quantitative estimate of drug-likeness (QED) is 0.943. The van der Waals surface area contributed by atoms with E-state index in [4.69, 9.17) is 0 Å². The predicted octanol–water partition coefficient (Wildman–Crippen LogP) is 2.61. The number of H-pyrrole nitrogens is 1. The van der Waals surface area contributed by atoms with Gasteiger partial charge in [-0.15, -0.1) is 0 Å². The second-order valence-corrected chi connectivity index (χ2v) is 5.73. The monoisotopic (exact) mass is 296 g/mol. The Kier molecular flexibility index (Phi) is 4.37. The highest BCUT2D eigenvalue weighted by Gasteiger charge is 2.30. The zero-order chi connectivity index (χ0) is 15.4. The molecule has 0 aliphatic carbocycles. The number of carbonyl (C=O) groups is 1. The molecule has 0 spiro atoms. The van der Waals surface area contributed by atoms with E-state index in [0.29, 0.717) is 0 Å². The molecule has 1 amide bonds. The Morgan fingerprint density at radius 2 is 2.00 bits per heavy atom. The van der Waals surface area contributed by atoms with Crippen LogP contribution < -0.4 is 5.56 Å². The fourth-order valence-electron chi connectivity index (χ4n) is 3.13. The molecule has 1 N–H and O–H groups in total. The summed E-state index contributed by atoms with van der Waals surface area (Å²) < 4.78 is 0. The summed E-state index contributed by atoms with van der Waals surface area (Å²) in [5.41, 5.74) is 1.23. The van der Waals surface area contributed by atoms with Gasteiger partial charge >= 0.3 is 0 Å². The van der Waals surface area contributed by atoms with Crippen molar-refractivity contribution in [2.75, 3.05) is 6.54 Å². The first-order chi connectivity index (χ1) is 10.8. The van der Waals surface area contributed by atoms with E-state index >= 15 is 0 Å². The van der Waals surface area contributed by atoms with Gasteiger partial charge in [-0.2, -0.15) is 0 Å². The van der Waals surface area contributed by atoms with Crippen molar-refractivity contribution < 1.29 is 4.79 Å². The number of aryl methyl sites for hydroxylation is 1. The highest BCUT2D eigenvalue weighted by atomic mass is 16.2. The molecule has 1 fully saturated rings. The van der Waals surface area contributed by atoms with Gasteiger partial charge in [0.25, 0.3) is 11.5 Å². The molecular weight excluding hydrogens is 276 g/mol. The van der Waals surface area contributed by atoms with Gasteiger partial charge in [0, 0.05) is 18.8 Å². The number of nitrogens with zero attached hydrogens (tertiary/aromatic N) is 1. The largest absolute Gasteiger partial charge is 0.335 e. The molecule has 1 saturated heterocycles. The van der Waals surface area contributed by atoms with Gasteiger partial charge in [0.05, 0.1) is 0 Å². The minimum absolute atomic E-state index is 0.141. The molecule has 22 heavy (non-hydrogen) atoms. The first-order valence-corrected chi connectivity index (χ1v) is 7.78. The number of aromatic amines is 1. The first-order valence-electron chi connectivity index (χ1n) is 7.78. The zero-order valence-electron chi connectivity index (χ0n) is 12.5. The number of rotatable bonds is 4. The van der Waals surface area contributed by atoms with Crippen molar-refractivity contribution in [3.63, 3.8) is 0 Å². The van der Waals surface area contributed by atoms with Crippen molar-refractivity contribution in [3.05, 3.63) is 70.1 Å². The molecule has 0 unspecified atom stereocenters. The molecule has 2 aromatic rings. The van der Waals surface area contributed by atoms with Crippen molar-refractivity contribution in [1.29, 1.82) is 0 Å². The van der Waals surface area contributed by atoms with Crippen LogP contribution in [0.25, 0.3) is 0 Å². The fraction of sp³-hybridized carbons (Fsp3) is 0.333. The van der Waals surface area contributed by atoms with Crippen LogP contribution in [-0.2, 0) is 6.42 Å². The second kappa shape index (κ2) is 6.60. The Morgan fingerprint density at radius 1 is 1.18 bits per heavy atom. The van der Waals surface area contributed by atoms with E-state index in [1.54, 1.807) is 18.3 Å². The lowest BCUT2D eigenvalue weighted by molar-refractivity contribution is 0.0729. The van der Waals surface area contributed by atoms with Gasteiger partial charge in [-0.05, 0) is 43.4 Å². The summed E-state index contributed by atoms with van der Waals surface area (Å²) >= 11 is 0. The second-order valence-electron chi connectivity index (χ2n) is 5.73. The summed E-state index contributed by atoms with van der Waals surface area (Å²) in [6, 6.07) is 13.8. The van der Waals surface area contributed by atoms with Gasteiger partial charge < -0.3 is 9.88 Å². The Bertz CT molecular complexity index is 693. The van der Waals surface area contributed by atoms with Gasteiger partial charge in [-0.3, -0.25) is 9.59 Å². The normalized spacial score (nSPS) is 17.6. The number of hydrogen-bond acceptors (Lipinski definition) is 2. The number of carbonyl (C=O) groups excluding carboxylic acids is 1. The Morgan fingerprint density at radius 3 is 2.77 bits per heavy atom. The van der Waals surface area contributed by atoms with E-state index in [2.05, 4.69) is 17.1 Å². The van der Waals surface area contributed by atoms with Crippen LogP contribution in [0.1, 0.15) is 35.2 Å². The third-order valence-electron chi connectivity index (χ3n) is 4.30. The molecule has 1 aromatic heterocycles. The van der Waals surface area contributed by atoms with Crippen LogP contribution in [0.15, 0.2) is 53.5 Å². The lowest BCUT2D eigenvalue weighted by Gasteiger charge is -2.24. The molecule has 4 nitrogen and oxygen atoms in total. The molecular formula is C18H20N2O2. The third kappa shape index (κ3) is 3.11. The first kappa shape index (κ1) is 14.6. The van der Waals surface area contributed by atoms with Crippen molar-refractivity contribution in [1.82, 2.24) is 9.88 Å². The number of hydrogen-bond donors (Lipinski definition) is 1. The molecule has 4 heteroatoms. The van der Waals surface area contributed by atoms with Gasteiger partial charge in [-0.25, -0.2) is 0 Å². The highest BCUT2D eigenvalue weighted by molar-refractivity contribution is 5.94. The molecule has 0 bridgehead atoms. The maximum absolute atomic E-state index is 12.6. The minimum atomic E-state index is -0.304. The van der Waals surface area contributed by atoms with E-state index in [1.165, 1.54) is 5.56 Å². The van der Waals surface area contributed by atoms with Gasteiger partial charge in [0.15, 0.2) is 0 Å². The van der Waals surface area contributed by atoms with Crippen LogP contribution in [0.3, 0.4) is 0 Å². The zero-order valence-corrected chi connectivity index (χ0v) is 12.5. The molecule has 2 heterocycles. The van der Waals surface area contributed by atoms with Crippen LogP contribution in [0.2, 0.25) is 0 Å². The van der Waals surface area contributed by atoms with E-state index in [-0.39, 0.29) is 23.1 Å². The fourth-order valence-corrected chi connectivity index (χ4v) is 3.13. The van der Waals surface area contributed by atoms with Gasteiger partial charge in [-0.1, -0.05) is 30.3 Å². The molecule has 1 aromatic carbocycles. The number of aromatic nitrogens is 1. The van der Waals surface area contributed by atoms with Crippen molar-refractivity contribution in [3.8, 4) is 0 Å². The summed E-state index contributed by atoms with van der Waals surface area (Å²) in [6.07, 6.45) is 5.48.